The normalized spacial score (nSPS) is 14.2. The minimum atomic E-state index is -1.55. The summed E-state index contributed by atoms with van der Waals surface area (Å²) in [7, 11) is 0. The highest BCUT2D eigenvalue weighted by Gasteiger charge is 2.30. The van der Waals surface area contributed by atoms with E-state index in [1.54, 1.807) is 4.90 Å². The Bertz CT molecular complexity index is 1310. The maximum absolute atomic E-state index is 14.9. The number of carbonyl (C=O) groups is 1. The molecule has 1 aromatic heterocycles. The highest BCUT2D eigenvalue weighted by molar-refractivity contribution is 6.38. The topological polar surface area (TPSA) is 135 Å². The molecule has 0 bridgehead atoms. The van der Waals surface area contributed by atoms with Crippen molar-refractivity contribution < 1.29 is 23.8 Å². The molecule has 0 aliphatic carbocycles. The van der Waals surface area contributed by atoms with E-state index in [1.165, 1.54) is 10.6 Å². The third-order valence-electron chi connectivity index (χ3n) is 5.24. The fourth-order valence-corrected chi connectivity index (χ4v) is 4.10. The van der Waals surface area contributed by atoms with Gasteiger partial charge in [0.15, 0.2) is 0 Å². The highest BCUT2D eigenvalue weighted by atomic mass is 35.5. The zero-order valence-corrected chi connectivity index (χ0v) is 16.7. The number of hydrogen-bond acceptors (Lipinski definition) is 6. The number of rotatable bonds is 4. The largest absolute Gasteiger partial charge is 0.477 e. The zero-order chi connectivity index (χ0) is 22.6. The van der Waals surface area contributed by atoms with Crippen LogP contribution in [-0.2, 0) is 6.61 Å². The molecule has 1 fully saturated rings. The molecule has 31 heavy (non-hydrogen) atoms. The van der Waals surface area contributed by atoms with E-state index >= 15 is 0 Å². The molecule has 2 aromatic carbocycles. The number of carboxylic acids is 1. The predicted octanol–water partition coefficient (Wildman–Crippen LogP) is 1.84. The number of hydrogen-bond donors (Lipinski definition) is 4. The minimum Gasteiger partial charge on any atom is -0.477 e. The zero-order valence-electron chi connectivity index (χ0n) is 15.9. The van der Waals surface area contributed by atoms with E-state index in [1.807, 2.05) is 0 Å². The summed E-state index contributed by atoms with van der Waals surface area (Å²) in [5.41, 5.74) is 9.74. The number of carboxylic acid groups (broad SMARTS) is 1. The van der Waals surface area contributed by atoms with Crippen molar-refractivity contribution in [3.8, 4) is 5.69 Å². The number of nitrogens with zero attached hydrogens (tertiary/aromatic N) is 2. The lowest BCUT2D eigenvalue weighted by Crippen LogP contribution is -2.56. The van der Waals surface area contributed by atoms with E-state index in [9.17, 15) is 28.6 Å². The lowest BCUT2D eigenvalue weighted by atomic mass is 10.0. The molecule has 0 spiro atoms. The molecule has 6 N–H and O–H groups in total. The average molecular weight is 451 g/mol. The van der Waals surface area contributed by atoms with E-state index in [0.717, 1.165) is 18.3 Å². The van der Waals surface area contributed by atoms with Gasteiger partial charge in [0.25, 0.3) is 0 Å². The van der Waals surface area contributed by atoms with E-state index in [-0.39, 0.29) is 44.6 Å². The second-order valence-corrected chi connectivity index (χ2v) is 7.67. The van der Waals surface area contributed by atoms with Gasteiger partial charge >= 0.3 is 5.97 Å². The average Bonchev–Trinajstić information content (AvgIpc) is 2.68. The predicted molar refractivity (Wildman–Crippen MR) is 112 cm³/mol. The fraction of sp³-hybridized carbons (Fsp3) is 0.200. The Morgan fingerprint density at radius 2 is 1.90 bits per heavy atom. The van der Waals surface area contributed by atoms with Crippen molar-refractivity contribution in [2.45, 2.75) is 12.6 Å². The standard InChI is InChI=1S/C20H17ClF2N4O4/c21-16-17-10(2-13(23)18(16)26-4-9(24)5-26)19(29)11(20(30)31)6-27(17)15-3-14(25)12(22)1-8(15)7-28/h1-3,6,9,28H,4-5,7,24-25H2,(H,30,31). The Hall–Kier alpha value is -3.21. The van der Waals surface area contributed by atoms with Crippen molar-refractivity contribution in [2.75, 3.05) is 23.7 Å². The van der Waals surface area contributed by atoms with Crippen LogP contribution in [0.2, 0.25) is 5.02 Å². The van der Waals surface area contributed by atoms with Crippen molar-refractivity contribution in [1.29, 1.82) is 0 Å². The molecule has 2 heterocycles. The van der Waals surface area contributed by atoms with Gasteiger partial charge in [0.2, 0.25) is 5.43 Å². The van der Waals surface area contributed by atoms with Crippen LogP contribution in [0.5, 0.6) is 0 Å². The van der Waals surface area contributed by atoms with Gasteiger partial charge in [0.05, 0.1) is 39.6 Å². The first-order chi connectivity index (χ1) is 14.6. The van der Waals surface area contributed by atoms with Crippen LogP contribution in [0, 0.1) is 11.6 Å². The van der Waals surface area contributed by atoms with Crippen LogP contribution < -0.4 is 21.8 Å². The number of pyridine rings is 1. The molecule has 1 saturated heterocycles. The van der Waals surface area contributed by atoms with E-state index in [4.69, 9.17) is 23.1 Å². The van der Waals surface area contributed by atoms with E-state index < -0.39 is 35.2 Å². The van der Waals surface area contributed by atoms with Crippen LogP contribution in [0.1, 0.15) is 15.9 Å². The van der Waals surface area contributed by atoms with Crippen molar-refractivity contribution in [1.82, 2.24) is 4.57 Å². The Labute approximate surface area is 178 Å². The Morgan fingerprint density at radius 3 is 2.48 bits per heavy atom. The Balaban J connectivity index is 2.15. The van der Waals surface area contributed by atoms with Crippen LogP contribution in [0.25, 0.3) is 16.6 Å². The summed E-state index contributed by atoms with van der Waals surface area (Å²) >= 11 is 6.53. The van der Waals surface area contributed by atoms with E-state index in [0.29, 0.717) is 13.1 Å². The summed E-state index contributed by atoms with van der Waals surface area (Å²) in [6.07, 6.45) is 0.994. The summed E-state index contributed by atoms with van der Waals surface area (Å²) in [4.78, 5) is 26.0. The fourth-order valence-electron chi connectivity index (χ4n) is 3.70. The number of aromatic carboxylic acids is 1. The second kappa shape index (κ2) is 7.49. The smallest absolute Gasteiger partial charge is 0.341 e. The van der Waals surface area contributed by atoms with Gasteiger partial charge in [-0.05, 0) is 18.2 Å². The number of aliphatic hydroxyl groups is 1. The third kappa shape index (κ3) is 3.29. The number of aromatic nitrogens is 1. The lowest BCUT2D eigenvalue weighted by molar-refractivity contribution is 0.0695. The minimum absolute atomic E-state index is 0.00533. The number of nitrogen functional groups attached to an aromatic ring is 1. The quantitative estimate of drug-likeness (QED) is 0.445. The number of halogens is 3. The first-order valence-electron chi connectivity index (χ1n) is 9.14. The highest BCUT2D eigenvalue weighted by Crippen LogP contribution is 2.39. The third-order valence-corrected chi connectivity index (χ3v) is 5.60. The molecule has 11 heteroatoms. The maximum atomic E-state index is 14.9. The van der Waals surface area contributed by atoms with Gasteiger partial charge in [-0.25, -0.2) is 13.6 Å². The van der Waals surface area contributed by atoms with Crippen molar-refractivity contribution in [2.24, 2.45) is 5.73 Å². The molecule has 0 unspecified atom stereocenters. The lowest BCUT2D eigenvalue weighted by Gasteiger charge is -2.39. The summed E-state index contributed by atoms with van der Waals surface area (Å²) in [6.45, 7) is 0.0607. The number of anilines is 2. The molecule has 3 aromatic rings. The molecule has 1 aliphatic heterocycles. The molecule has 1 aliphatic rings. The SMILES string of the molecule is Nc1cc(-n2cc(C(=O)O)c(=O)c3cc(F)c(N4CC(N)C4)c(Cl)c32)c(CO)cc1F. The van der Waals surface area contributed by atoms with Crippen LogP contribution in [0.4, 0.5) is 20.2 Å². The number of aliphatic hydroxyl groups excluding tert-OH is 1. The van der Waals surface area contributed by atoms with Crippen molar-refractivity contribution in [3.63, 3.8) is 0 Å². The molecule has 8 nitrogen and oxygen atoms in total. The summed E-state index contributed by atoms with van der Waals surface area (Å²) in [5, 5.41) is 18.8. The summed E-state index contributed by atoms with van der Waals surface area (Å²) in [5.74, 6) is -3.14. The maximum Gasteiger partial charge on any atom is 0.341 e. The second-order valence-electron chi connectivity index (χ2n) is 7.29. The monoisotopic (exact) mass is 450 g/mol. The van der Waals surface area contributed by atoms with Crippen LogP contribution >= 0.6 is 11.6 Å². The van der Waals surface area contributed by atoms with Gasteiger partial charge in [0, 0.05) is 30.9 Å². The first kappa shape index (κ1) is 21.0. The number of nitrogens with two attached hydrogens (primary N) is 2. The van der Waals surface area contributed by atoms with Crippen LogP contribution in [-0.4, -0.2) is 39.9 Å². The Morgan fingerprint density at radius 1 is 1.23 bits per heavy atom. The molecule has 0 saturated carbocycles. The number of fused-ring (bicyclic) bond motifs is 1. The van der Waals surface area contributed by atoms with Gasteiger partial charge in [-0.3, -0.25) is 4.79 Å². The van der Waals surface area contributed by atoms with Gasteiger partial charge in [0.1, 0.15) is 17.2 Å². The molecule has 0 radical (unpaired) electrons. The molecular weight excluding hydrogens is 434 g/mol. The van der Waals surface area contributed by atoms with Gasteiger partial charge < -0.3 is 31.1 Å². The van der Waals surface area contributed by atoms with Crippen LogP contribution in [0.3, 0.4) is 0 Å². The van der Waals surface area contributed by atoms with Gasteiger partial charge in [-0.15, -0.1) is 0 Å². The first-order valence-corrected chi connectivity index (χ1v) is 9.52. The molecule has 0 atom stereocenters. The summed E-state index contributed by atoms with van der Waals surface area (Å²) < 4.78 is 30.1. The summed E-state index contributed by atoms with van der Waals surface area (Å²) in [6, 6.07) is 2.91. The van der Waals surface area contributed by atoms with Gasteiger partial charge in [-0.2, -0.15) is 0 Å². The van der Waals surface area contributed by atoms with Crippen molar-refractivity contribution in [3.05, 3.63) is 62.4 Å². The Kier molecular flexibility index (Phi) is 5.08. The van der Waals surface area contributed by atoms with Gasteiger partial charge in [-0.1, -0.05) is 11.6 Å². The molecule has 162 valence electrons. The van der Waals surface area contributed by atoms with Crippen molar-refractivity contribution >= 4 is 39.8 Å². The number of benzene rings is 2. The molecule has 4 rings (SSSR count). The van der Waals surface area contributed by atoms with E-state index in [2.05, 4.69) is 0 Å². The van der Waals surface area contributed by atoms with Crippen LogP contribution in [0.15, 0.2) is 29.2 Å². The molecular formula is C20H17ClF2N4O4. The molecule has 0 amide bonds.